The van der Waals surface area contributed by atoms with Gasteiger partial charge in [0.2, 0.25) is 0 Å². The summed E-state index contributed by atoms with van der Waals surface area (Å²) >= 11 is 0. The molecule has 0 aromatic rings. The maximum Gasteiger partial charge on any atom is 0.309 e. The summed E-state index contributed by atoms with van der Waals surface area (Å²) in [7, 11) is 0. The maximum atomic E-state index is 11.3. The van der Waals surface area contributed by atoms with Crippen LogP contribution in [0.25, 0.3) is 0 Å². The molecule has 1 fully saturated rings. The van der Waals surface area contributed by atoms with Gasteiger partial charge in [-0.1, -0.05) is 13.8 Å². The number of carbonyl (C=O) groups is 1. The summed E-state index contributed by atoms with van der Waals surface area (Å²) < 4.78 is 4.93. The Bertz CT molecular complexity index is 188. The zero-order valence-electron chi connectivity index (χ0n) is 9.38. The summed E-state index contributed by atoms with van der Waals surface area (Å²) in [6.07, 6.45) is 2.49. The van der Waals surface area contributed by atoms with Crippen LogP contribution in [0.5, 0.6) is 0 Å². The molecule has 1 atom stereocenters. The molecule has 0 bridgehead atoms. The van der Waals surface area contributed by atoms with E-state index in [-0.39, 0.29) is 11.9 Å². The molecule has 0 radical (unpaired) electrons. The van der Waals surface area contributed by atoms with E-state index in [1.54, 1.807) is 0 Å². The van der Waals surface area contributed by atoms with Crippen molar-refractivity contribution >= 4 is 5.97 Å². The lowest BCUT2D eigenvalue weighted by Crippen LogP contribution is -2.43. The van der Waals surface area contributed by atoms with Crippen molar-refractivity contribution < 1.29 is 9.53 Å². The minimum absolute atomic E-state index is 0.0224. The van der Waals surface area contributed by atoms with E-state index in [2.05, 4.69) is 12.2 Å². The van der Waals surface area contributed by atoms with Gasteiger partial charge < -0.3 is 10.1 Å². The molecule has 1 aliphatic rings. The van der Waals surface area contributed by atoms with Crippen LogP contribution in [0, 0.1) is 11.8 Å². The Morgan fingerprint density at radius 3 is 2.71 bits per heavy atom. The van der Waals surface area contributed by atoms with E-state index in [4.69, 9.17) is 4.74 Å². The van der Waals surface area contributed by atoms with E-state index in [1.165, 1.54) is 12.8 Å². The second kappa shape index (κ2) is 5.35. The SMILES string of the molecule is CCOC(=O)C(C)CNC1CC(C)C1. The van der Waals surface area contributed by atoms with Crippen molar-refractivity contribution in [2.24, 2.45) is 11.8 Å². The first-order valence-corrected chi connectivity index (χ1v) is 5.53. The number of carbonyl (C=O) groups excluding carboxylic acids is 1. The lowest BCUT2D eigenvalue weighted by atomic mass is 9.82. The molecule has 0 aromatic carbocycles. The Morgan fingerprint density at radius 2 is 2.21 bits per heavy atom. The molecular weight excluding hydrogens is 178 g/mol. The highest BCUT2D eigenvalue weighted by Gasteiger charge is 2.25. The van der Waals surface area contributed by atoms with Gasteiger partial charge >= 0.3 is 5.97 Å². The van der Waals surface area contributed by atoms with E-state index in [0.29, 0.717) is 12.6 Å². The highest BCUT2D eigenvalue weighted by Crippen LogP contribution is 2.26. The molecule has 0 saturated heterocycles. The molecule has 1 unspecified atom stereocenters. The molecule has 1 saturated carbocycles. The van der Waals surface area contributed by atoms with Crippen LogP contribution >= 0.6 is 0 Å². The number of hydrogen-bond acceptors (Lipinski definition) is 3. The molecule has 0 aromatic heterocycles. The Hall–Kier alpha value is -0.570. The van der Waals surface area contributed by atoms with Gasteiger partial charge in [-0.3, -0.25) is 4.79 Å². The zero-order valence-corrected chi connectivity index (χ0v) is 9.38. The van der Waals surface area contributed by atoms with Crippen molar-refractivity contribution in [3.63, 3.8) is 0 Å². The lowest BCUT2D eigenvalue weighted by Gasteiger charge is -2.34. The summed E-state index contributed by atoms with van der Waals surface area (Å²) in [6.45, 7) is 7.23. The van der Waals surface area contributed by atoms with Crippen LogP contribution in [-0.4, -0.2) is 25.2 Å². The molecular formula is C11H21NO2. The molecule has 0 aliphatic heterocycles. The number of rotatable bonds is 5. The number of ether oxygens (including phenoxy) is 1. The molecule has 1 N–H and O–H groups in total. The molecule has 1 rings (SSSR count). The van der Waals surface area contributed by atoms with E-state index >= 15 is 0 Å². The van der Waals surface area contributed by atoms with Crippen LogP contribution < -0.4 is 5.32 Å². The van der Waals surface area contributed by atoms with Crippen LogP contribution in [0.4, 0.5) is 0 Å². The second-order valence-electron chi connectivity index (χ2n) is 4.33. The first-order chi connectivity index (χ1) is 6.63. The van der Waals surface area contributed by atoms with Gasteiger partial charge in [0.05, 0.1) is 12.5 Å². The third kappa shape index (κ3) is 3.29. The zero-order chi connectivity index (χ0) is 10.6. The van der Waals surface area contributed by atoms with Crippen molar-refractivity contribution in [1.29, 1.82) is 0 Å². The lowest BCUT2D eigenvalue weighted by molar-refractivity contribution is -0.147. The van der Waals surface area contributed by atoms with Gasteiger partial charge in [-0.25, -0.2) is 0 Å². The highest BCUT2D eigenvalue weighted by atomic mass is 16.5. The summed E-state index contributed by atoms with van der Waals surface area (Å²) in [5.74, 6) is 0.739. The molecule has 3 heteroatoms. The fourth-order valence-electron chi connectivity index (χ4n) is 1.78. The number of esters is 1. The van der Waals surface area contributed by atoms with E-state index in [9.17, 15) is 4.79 Å². The topological polar surface area (TPSA) is 38.3 Å². The van der Waals surface area contributed by atoms with Gasteiger partial charge in [-0.2, -0.15) is 0 Å². The van der Waals surface area contributed by atoms with Crippen LogP contribution in [0.2, 0.25) is 0 Å². The summed E-state index contributed by atoms with van der Waals surface area (Å²) in [4.78, 5) is 11.3. The van der Waals surface area contributed by atoms with Crippen molar-refractivity contribution in [3.05, 3.63) is 0 Å². The minimum atomic E-state index is -0.0904. The van der Waals surface area contributed by atoms with Crippen LogP contribution in [0.15, 0.2) is 0 Å². The predicted octanol–water partition coefficient (Wildman–Crippen LogP) is 1.57. The van der Waals surface area contributed by atoms with Crippen molar-refractivity contribution in [2.45, 2.75) is 39.7 Å². The Kier molecular flexibility index (Phi) is 4.39. The third-order valence-corrected chi connectivity index (χ3v) is 2.78. The Morgan fingerprint density at radius 1 is 1.57 bits per heavy atom. The fourth-order valence-corrected chi connectivity index (χ4v) is 1.78. The molecule has 0 heterocycles. The van der Waals surface area contributed by atoms with Crippen molar-refractivity contribution in [3.8, 4) is 0 Å². The van der Waals surface area contributed by atoms with E-state index in [0.717, 1.165) is 12.5 Å². The van der Waals surface area contributed by atoms with Gasteiger partial charge in [0.25, 0.3) is 0 Å². The van der Waals surface area contributed by atoms with Crippen LogP contribution in [0.3, 0.4) is 0 Å². The van der Waals surface area contributed by atoms with Crippen LogP contribution in [-0.2, 0) is 9.53 Å². The number of nitrogens with one attached hydrogen (secondary N) is 1. The van der Waals surface area contributed by atoms with Gasteiger partial charge in [-0.05, 0) is 25.7 Å². The predicted molar refractivity (Wildman–Crippen MR) is 56.0 cm³/mol. The first-order valence-electron chi connectivity index (χ1n) is 5.53. The molecule has 14 heavy (non-hydrogen) atoms. The standard InChI is InChI=1S/C11H21NO2/c1-4-14-11(13)9(3)7-12-10-5-8(2)6-10/h8-10,12H,4-7H2,1-3H3. The quantitative estimate of drug-likeness (QED) is 0.683. The van der Waals surface area contributed by atoms with Gasteiger partial charge in [0.1, 0.15) is 0 Å². The summed E-state index contributed by atoms with van der Waals surface area (Å²) in [5.41, 5.74) is 0. The molecule has 82 valence electrons. The van der Waals surface area contributed by atoms with E-state index in [1.807, 2.05) is 13.8 Å². The largest absolute Gasteiger partial charge is 0.466 e. The van der Waals surface area contributed by atoms with E-state index < -0.39 is 0 Å². The van der Waals surface area contributed by atoms with Crippen molar-refractivity contribution in [2.75, 3.05) is 13.2 Å². The van der Waals surface area contributed by atoms with Crippen LogP contribution in [0.1, 0.15) is 33.6 Å². The normalized spacial score (nSPS) is 27.9. The van der Waals surface area contributed by atoms with Crippen molar-refractivity contribution in [1.82, 2.24) is 5.32 Å². The van der Waals surface area contributed by atoms with Gasteiger partial charge in [-0.15, -0.1) is 0 Å². The molecule has 3 nitrogen and oxygen atoms in total. The average molecular weight is 199 g/mol. The van der Waals surface area contributed by atoms with Gasteiger partial charge in [0, 0.05) is 12.6 Å². The Labute approximate surface area is 86.2 Å². The molecule has 1 aliphatic carbocycles. The number of hydrogen-bond donors (Lipinski definition) is 1. The maximum absolute atomic E-state index is 11.3. The summed E-state index contributed by atoms with van der Waals surface area (Å²) in [6, 6.07) is 0.627. The third-order valence-electron chi connectivity index (χ3n) is 2.78. The second-order valence-corrected chi connectivity index (χ2v) is 4.33. The minimum Gasteiger partial charge on any atom is -0.466 e. The molecule has 0 amide bonds. The monoisotopic (exact) mass is 199 g/mol. The van der Waals surface area contributed by atoms with Gasteiger partial charge in [0.15, 0.2) is 0 Å². The smallest absolute Gasteiger partial charge is 0.309 e. The molecule has 0 spiro atoms. The first kappa shape index (κ1) is 11.5. The Balaban J connectivity index is 2.08. The highest BCUT2D eigenvalue weighted by molar-refractivity contribution is 5.72. The fraction of sp³-hybridized carbons (Fsp3) is 0.909. The summed E-state index contributed by atoms with van der Waals surface area (Å²) in [5, 5.41) is 3.39. The average Bonchev–Trinajstić information content (AvgIpc) is 2.10.